The smallest absolute Gasteiger partial charge is 0.476 e. The predicted molar refractivity (Wildman–Crippen MR) is 57.3 cm³/mol. The van der Waals surface area contributed by atoms with Crippen LogP contribution in [-0.2, 0) is 0 Å². The van der Waals surface area contributed by atoms with E-state index in [1.807, 2.05) is 0 Å². The van der Waals surface area contributed by atoms with Crippen molar-refractivity contribution in [3.05, 3.63) is 25.4 Å². The molecule has 0 aromatic carbocycles. The van der Waals surface area contributed by atoms with Gasteiger partial charge < -0.3 is 9.84 Å². The molecule has 0 atom stereocenters. The van der Waals surface area contributed by atoms with Gasteiger partial charge in [0.05, 0.1) is 8.49 Å². The van der Waals surface area contributed by atoms with Crippen LogP contribution in [0, 0.1) is 13.7 Å². The van der Waals surface area contributed by atoms with Crippen molar-refractivity contribution in [3.63, 3.8) is 0 Å². The zero-order valence-corrected chi connectivity index (χ0v) is 10.2. The standard InChI is InChI=1S/C7H2F3IN2O5/c8-7(9,10)18-5-2(11)1-3(13(16)17)4(12-5)6(14)15/h1H,(H,14,15). The Labute approximate surface area is 110 Å². The number of alkyl halides is 3. The second kappa shape index (κ2) is 4.91. The van der Waals surface area contributed by atoms with Crippen LogP contribution in [0.5, 0.6) is 5.88 Å². The number of carbonyl (C=O) groups is 1. The van der Waals surface area contributed by atoms with Crippen LogP contribution in [0.2, 0.25) is 0 Å². The van der Waals surface area contributed by atoms with Crippen molar-refractivity contribution >= 4 is 34.2 Å². The first-order valence-corrected chi connectivity index (χ1v) is 5.03. The molecule has 0 unspecified atom stereocenters. The monoisotopic (exact) mass is 378 g/mol. The highest BCUT2D eigenvalue weighted by Gasteiger charge is 2.35. The molecule has 11 heteroatoms. The highest BCUT2D eigenvalue weighted by atomic mass is 127. The fourth-order valence-electron chi connectivity index (χ4n) is 0.940. The van der Waals surface area contributed by atoms with Crippen molar-refractivity contribution in [2.45, 2.75) is 6.36 Å². The Hall–Kier alpha value is -1.66. The van der Waals surface area contributed by atoms with Gasteiger partial charge in [-0.25, -0.2) is 4.79 Å². The number of pyridine rings is 1. The summed E-state index contributed by atoms with van der Waals surface area (Å²) in [6.07, 6.45) is -5.07. The van der Waals surface area contributed by atoms with Crippen molar-refractivity contribution < 1.29 is 32.7 Å². The minimum atomic E-state index is -5.07. The SMILES string of the molecule is O=C(O)c1nc(OC(F)(F)F)c(I)cc1[N+](=O)[O-]. The van der Waals surface area contributed by atoms with Gasteiger partial charge in [0.15, 0.2) is 0 Å². The number of nitro groups is 1. The van der Waals surface area contributed by atoms with E-state index in [0.29, 0.717) is 6.07 Å². The molecule has 0 spiro atoms. The van der Waals surface area contributed by atoms with Gasteiger partial charge in [-0.1, -0.05) is 0 Å². The lowest BCUT2D eigenvalue weighted by atomic mass is 10.3. The van der Waals surface area contributed by atoms with Crippen LogP contribution in [0.25, 0.3) is 0 Å². The van der Waals surface area contributed by atoms with E-state index < -0.39 is 34.5 Å². The van der Waals surface area contributed by atoms with E-state index in [0.717, 1.165) is 0 Å². The molecule has 0 bridgehead atoms. The van der Waals surface area contributed by atoms with Crippen LogP contribution < -0.4 is 4.74 Å². The summed E-state index contributed by atoms with van der Waals surface area (Å²) in [5.41, 5.74) is -2.04. The van der Waals surface area contributed by atoms with Gasteiger partial charge in [0.1, 0.15) is 0 Å². The maximum atomic E-state index is 12.0. The number of nitrogens with zero attached hydrogens (tertiary/aromatic N) is 2. The molecule has 18 heavy (non-hydrogen) atoms. The van der Waals surface area contributed by atoms with Gasteiger partial charge in [0, 0.05) is 6.07 Å². The first kappa shape index (κ1) is 14.4. The number of ether oxygens (including phenoxy) is 1. The second-order valence-electron chi connectivity index (χ2n) is 2.75. The van der Waals surface area contributed by atoms with E-state index >= 15 is 0 Å². The summed E-state index contributed by atoms with van der Waals surface area (Å²) < 4.78 is 39.0. The summed E-state index contributed by atoms with van der Waals surface area (Å²) >= 11 is 1.31. The normalized spacial score (nSPS) is 11.1. The molecule has 0 fully saturated rings. The van der Waals surface area contributed by atoms with Crippen LogP contribution in [0.3, 0.4) is 0 Å². The Kier molecular flexibility index (Phi) is 3.93. The molecule has 7 nitrogen and oxygen atoms in total. The lowest BCUT2D eigenvalue weighted by Crippen LogP contribution is -2.20. The number of hydrogen-bond acceptors (Lipinski definition) is 5. The molecule has 0 amide bonds. The topological polar surface area (TPSA) is 103 Å². The maximum Gasteiger partial charge on any atom is 0.574 e. The molecule has 0 aliphatic carbocycles. The number of aromatic carboxylic acids is 1. The van der Waals surface area contributed by atoms with E-state index in [1.54, 1.807) is 0 Å². The van der Waals surface area contributed by atoms with Gasteiger partial charge in [0.25, 0.3) is 0 Å². The van der Waals surface area contributed by atoms with Crippen molar-refractivity contribution in [3.8, 4) is 5.88 Å². The minimum absolute atomic E-state index is 0.332. The summed E-state index contributed by atoms with van der Waals surface area (Å²) in [6.45, 7) is 0. The highest BCUT2D eigenvalue weighted by Crippen LogP contribution is 2.30. The summed E-state index contributed by atoms with van der Waals surface area (Å²) in [6, 6.07) is 0.637. The predicted octanol–water partition coefficient (Wildman–Crippen LogP) is 2.19. The van der Waals surface area contributed by atoms with Gasteiger partial charge in [0.2, 0.25) is 11.6 Å². The summed E-state index contributed by atoms with van der Waals surface area (Å²) in [4.78, 5) is 23.1. The van der Waals surface area contributed by atoms with Gasteiger partial charge in [-0.2, -0.15) is 4.98 Å². The molecule has 0 aliphatic heterocycles. The zero-order chi connectivity index (χ0) is 14.1. The molecule has 98 valence electrons. The third-order valence-corrected chi connectivity index (χ3v) is 2.31. The van der Waals surface area contributed by atoms with Crippen LogP contribution in [0.4, 0.5) is 18.9 Å². The first-order valence-electron chi connectivity index (χ1n) is 3.96. The number of halogens is 4. The number of rotatable bonds is 3. The largest absolute Gasteiger partial charge is 0.574 e. The average Bonchev–Trinajstić information content (AvgIpc) is 2.17. The molecule has 0 radical (unpaired) electrons. The Balaban J connectivity index is 3.36. The molecule has 1 N–H and O–H groups in total. The third kappa shape index (κ3) is 3.41. The highest BCUT2D eigenvalue weighted by molar-refractivity contribution is 14.1. The molecule has 1 aromatic heterocycles. The van der Waals surface area contributed by atoms with Crippen LogP contribution in [0.15, 0.2) is 6.07 Å². The molecule has 0 aliphatic rings. The van der Waals surface area contributed by atoms with Gasteiger partial charge in [-0.15, -0.1) is 13.2 Å². The first-order chi connectivity index (χ1) is 8.11. The van der Waals surface area contributed by atoms with Crippen molar-refractivity contribution in [2.24, 2.45) is 0 Å². The Morgan fingerprint density at radius 1 is 1.56 bits per heavy atom. The molecular weight excluding hydrogens is 376 g/mol. The van der Waals surface area contributed by atoms with Crippen LogP contribution in [0.1, 0.15) is 10.5 Å². The molecule has 1 rings (SSSR count). The van der Waals surface area contributed by atoms with E-state index in [-0.39, 0.29) is 3.57 Å². The molecular formula is C7H2F3IN2O5. The number of carboxylic acid groups (broad SMARTS) is 1. The third-order valence-electron chi connectivity index (χ3n) is 1.54. The molecule has 0 saturated heterocycles. The van der Waals surface area contributed by atoms with E-state index in [2.05, 4.69) is 9.72 Å². The Bertz CT molecular complexity index is 519. The van der Waals surface area contributed by atoms with Crippen molar-refractivity contribution in [1.29, 1.82) is 0 Å². The quantitative estimate of drug-likeness (QED) is 0.492. The minimum Gasteiger partial charge on any atom is -0.476 e. The Morgan fingerprint density at radius 3 is 2.50 bits per heavy atom. The lowest BCUT2D eigenvalue weighted by Gasteiger charge is -2.09. The molecule has 1 heterocycles. The summed E-state index contributed by atoms with van der Waals surface area (Å²) in [5.74, 6) is -2.88. The molecule has 1 aromatic rings. The maximum absolute atomic E-state index is 12.0. The Morgan fingerprint density at radius 2 is 2.11 bits per heavy atom. The van der Waals surface area contributed by atoms with E-state index in [1.165, 1.54) is 22.6 Å². The zero-order valence-electron chi connectivity index (χ0n) is 8.06. The van der Waals surface area contributed by atoms with Gasteiger partial charge in [-0.3, -0.25) is 10.1 Å². The van der Waals surface area contributed by atoms with E-state index in [4.69, 9.17) is 5.11 Å². The summed E-state index contributed by atoms with van der Waals surface area (Å²) in [7, 11) is 0. The number of aromatic nitrogens is 1. The fraction of sp³-hybridized carbons (Fsp3) is 0.143. The number of carboxylic acids is 1. The summed E-state index contributed by atoms with van der Waals surface area (Å²) in [5, 5.41) is 19.1. The van der Waals surface area contributed by atoms with Crippen LogP contribution in [-0.4, -0.2) is 27.3 Å². The van der Waals surface area contributed by atoms with Gasteiger partial charge in [-0.05, 0) is 22.6 Å². The van der Waals surface area contributed by atoms with Crippen molar-refractivity contribution in [2.75, 3.05) is 0 Å². The lowest BCUT2D eigenvalue weighted by molar-refractivity contribution is -0.385. The van der Waals surface area contributed by atoms with Crippen molar-refractivity contribution in [1.82, 2.24) is 4.98 Å². The van der Waals surface area contributed by atoms with E-state index in [9.17, 15) is 28.1 Å². The second-order valence-corrected chi connectivity index (χ2v) is 3.92. The fourth-order valence-corrected chi connectivity index (χ4v) is 1.47. The molecule has 0 saturated carbocycles. The van der Waals surface area contributed by atoms with Crippen LogP contribution >= 0.6 is 22.6 Å². The van der Waals surface area contributed by atoms with Gasteiger partial charge >= 0.3 is 18.0 Å². The number of hydrogen-bond donors (Lipinski definition) is 1. The average molecular weight is 378 g/mol.